The first-order valence-corrected chi connectivity index (χ1v) is 7.06. The van der Waals surface area contributed by atoms with E-state index in [1.54, 1.807) is 12.3 Å². The number of rotatable bonds is 6. The number of nitrogens with one attached hydrogen (secondary N) is 1. The molecule has 2 rings (SSSR count). The first-order valence-electron chi connectivity index (χ1n) is 7.06. The highest BCUT2D eigenvalue weighted by Crippen LogP contribution is 2.17. The van der Waals surface area contributed by atoms with E-state index in [1.807, 2.05) is 24.3 Å². The number of amides is 1. The average molecular weight is 287 g/mol. The zero-order valence-electron chi connectivity index (χ0n) is 12.4. The molecule has 0 aliphatic heterocycles. The fourth-order valence-corrected chi connectivity index (χ4v) is 2.16. The number of nitrogens with zero attached hydrogens (tertiary/aromatic N) is 3. The lowest BCUT2D eigenvalue weighted by atomic mass is 10.2. The second kappa shape index (κ2) is 6.78. The molecule has 1 aromatic carbocycles. The Bertz CT molecular complexity index is 586. The summed E-state index contributed by atoms with van der Waals surface area (Å²) in [6, 6.07) is 9.49. The van der Waals surface area contributed by atoms with Crippen molar-refractivity contribution in [2.75, 3.05) is 29.0 Å². The van der Waals surface area contributed by atoms with E-state index in [0.29, 0.717) is 5.82 Å². The van der Waals surface area contributed by atoms with Crippen molar-refractivity contribution in [2.45, 2.75) is 20.4 Å². The molecule has 0 saturated heterocycles. The zero-order valence-corrected chi connectivity index (χ0v) is 12.4. The molecule has 112 valence electrons. The Morgan fingerprint density at radius 3 is 2.43 bits per heavy atom. The van der Waals surface area contributed by atoms with Crippen LogP contribution in [0, 0.1) is 0 Å². The van der Waals surface area contributed by atoms with Gasteiger partial charge in [0.1, 0.15) is 12.4 Å². The molecule has 0 unspecified atom stereocenters. The van der Waals surface area contributed by atoms with E-state index in [1.165, 1.54) is 4.68 Å². The van der Waals surface area contributed by atoms with Crippen molar-refractivity contribution in [1.29, 1.82) is 0 Å². The van der Waals surface area contributed by atoms with Crippen molar-refractivity contribution in [2.24, 2.45) is 0 Å². The predicted octanol–water partition coefficient (Wildman–Crippen LogP) is 1.95. The van der Waals surface area contributed by atoms with E-state index in [2.05, 4.69) is 29.2 Å². The van der Waals surface area contributed by atoms with E-state index >= 15 is 0 Å². The lowest BCUT2D eigenvalue weighted by Crippen LogP contribution is -2.22. The minimum Gasteiger partial charge on any atom is -0.382 e. The van der Waals surface area contributed by atoms with Gasteiger partial charge in [-0.2, -0.15) is 5.10 Å². The third-order valence-electron chi connectivity index (χ3n) is 3.25. The molecule has 1 aromatic heterocycles. The van der Waals surface area contributed by atoms with Gasteiger partial charge in [-0.15, -0.1) is 0 Å². The molecule has 0 atom stereocenters. The van der Waals surface area contributed by atoms with E-state index in [0.717, 1.165) is 24.5 Å². The molecule has 0 radical (unpaired) electrons. The number of benzene rings is 1. The average Bonchev–Trinajstić information content (AvgIpc) is 2.87. The van der Waals surface area contributed by atoms with Crippen LogP contribution in [-0.2, 0) is 11.3 Å². The van der Waals surface area contributed by atoms with Crippen molar-refractivity contribution in [1.82, 2.24) is 9.78 Å². The first-order chi connectivity index (χ1) is 10.1. The second-order valence-corrected chi connectivity index (χ2v) is 4.71. The van der Waals surface area contributed by atoms with Crippen LogP contribution in [-0.4, -0.2) is 28.8 Å². The van der Waals surface area contributed by atoms with Crippen molar-refractivity contribution < 1.29 is 4.79 Å². The highest BCUT2D eigenvalue weighted by atomic mass is 16.2. The van der Waals surface area contributed by atoms with Gasteiger partial charge in [0.05, 0.1) is 0 Å². The monoisotopic (exact) mass is 287 g/mol. The third-order valence-corrected chi connectivity index (χ3v) is 3.25. The fraction of sp³-hybridized carbons (Fsp3) is 0.333. The zero-order chi connectivity index (χ0) is 15.2. The highest BCUT2D eigenvalue weighted by molar-refractivity contribution is 5.90. The normalized spacial score (nSPS) is 10.4. The van der Waals surface area contributed by atoms with Gasteiger partial charge < -0.3 is 16.0 Å². The minimum absolute atomic E-state index is 0.131. The molecule has 0 bridgehead atoms. The third kappa shape index (κ3) is 3.98. The van der Waals surface area contributed by atoms with Gasteiger partial charge in [0.15, 0.2) is 0 Å². The molecule has 0 fully saturated rings. The van der Waals surface area contributed by atoms with Crippen LogP contribution in [0.4, 0.5) is 17.2 Å². The predicted molar refractivity (Wildman–Crippen MR) is 85.3 cm³/mol. The van der Waals surface area contributed by atoms with Gasteiger partial charge >= 0.3 is 0 Å². The van der Waals surface area contributed by atoms with Gasteiger partial charge in [-0.1, -0.05) is 0 Å². The number of hydrogen-bond acceptors (Lipinski definition) is 4. The Balaban J connectivity index is 1.95. The molecule has 0 aliphatic carbocycles. The summed E-state index contributed by atoms with van der Waals surface area (Å²) in [5, 5.41) is 6.82. The Hall–Kier alpha value is -2.50. The van der Waals surface area contributed by atoms with Gasteiger partial charge in [0, 0.05) is 30.7 Å². The number of carbonyl (C=O) groups excluding carboxylic acids is 1. The molecular formula is C15H21N5O. The van der Waals surface area contributed by atoms with Crippen LogP contribution in [0.2, 0.25) is 0 Å². The molecule has 1 amide bonds. The van der Waals surface area contributed by atoms with Crippen LogP contribution >= 0.6 is 0 Å². The highest BCUT2D eigenvalue weighted by Gasteiger charge is 2.06. The molecule has 3 N–H and O–H groups in total. The van der Waals surface area contributed by atoms with E-state index in [-0.39, 0.29) is 12.5 Å². The Kier molecular flexibility index (Phi) is 4.81. The lowest BCUT2D eigenvalue weighted by molar-refractivity contribution is -0.116. The summed E-state index contributed by atoms with van der Waals surface area (Å²) in [5.74, 6) is 0.278. The van der Waals surface area contributed by atoms with Crippen LogP contribution in [0.1, 0.15) is 13.8 Å². The Morgan fingerprint density at radius 1 is 1.24 bits per heavy atom. The maximum atomic E-state index is 11.9. The maximum Gasteiger partial charge on any atom is 0.246 e. The minimum atomic E-state index is -0.131. The number of nitrogens with two attached hydrogens (primary N) is 1. The van der Waals surface area contributed by atoms with Crippen molar-refractivity contribution in [3.05, 3.63) is 36.5 Å². The fourth-order valence-electron chi connectivity index (χ4n) is 2.16. The van der Waals surface area contributed by atoms with Gasteiger partial charge in [-0.25, -0.2) is 0 Å². The van der Waals surface area contributed by atoms with E-state index in [4.69, 9.17) is 5.73 Å². The van der Waals surface area contributed by atoms with Crippen LogP contribution in [0.3, 0.4) is 0 Å². The first kappa shape index (κ1) is 14.9. The standard InChI is InChI=1S/C15H21N5O/c1-3-19(4-2)13-7-5-12(6-8-13)17-15(21)11-20-10-9-14(16)18-20/h5-10H,3-4,11H2,1-2H3,(H2,16,18)(H,17,21). The number of aromatic nitrogens is 2. The molecule has 6 heteroatoms. The van der Waals surface area contributed by atoms with Crippen LogP contribution in [0.15, 0.2) is 36.5 Å². The summed E-state index contributed by atoms with van der Waals surface area (Å²) >= 11 is 0. The molecular weight excluding hydrogens is 266 g/mol. The smallest absolute Gasteiger partial charge is 0.246 e. The number of nitrogen functional groups attached to an aromatic ring is 1. The van der Waals surface area contributed by atoms with Gasteiger partial charge in [-0.05, 0) is 44.2 Å². The quantitative estimate of drug-likeness (QED) is 0.851. The summed E-state index contributed by atoms with van der Waals surface area (Å²) in [4.78, 5) is 14.1. The van der Waals surface area contributed by atoms with Crippen LogP contribution in [0.5, 0.6) is 0 Å². The Labute approximate surface area is 124 Å². The van der Waals surface area contributed by atoms with Crippen molar-refractivity contribution in [3.8, 4) is 0 Å². The molecule has 21 heavy (non-hydrogen) atoms. The van der Waals surface area contributed by atoms with Crippen LogP contribution < -0.4 is 16.0 Å². The van der Waals surface area contributed by atoms with Gasteiger partial charge in [0.2, 0.25) is 5.91 Å². The molecule has 0 saturated carbocycles. The Morgan fingerprint density at radius 2 is 1.90 bits per heavy atom. The largest absolute Gasteiger partial charge is 0.382 e. The lowest BCUT2D eigenvalue weighted by Gasteiger charge is -2.21. The number of anilines is 3. The summed E-state index contributed by atoms with van der Waals surface area (Å²) in [6.45, 7) is 6.31. The van der Waals surface area contributed by atoms with Gasteiger partial charge in [0.25, 0.3) is 0 Å². The summed E-state index contributed by atoms with van der Waals surface area (Å²) in [6.07, 6.45) is 1.68. The van der Waals surface area contributed by atoms with E-state index < -0.39 is 0 Å². The summed E-state index contributed by atoms with van der Waals surface area (Å²) in [5.41, 5.74) is 7.43. The SMILES string of the molecule is CCN(CC)c1ccc(NC(=O)Cn2ccc(N)n2)cc1. The van der Waals surface area contributed by atoms with Crippen molar-refractivity contribution in [3.63, 3.8) is 0 Å². The van der Waals surface area contributed by atoms with Gasteiger partial charge in [-0.3, -0.25) is 9.48 Å². The number of hydrogen-bond donors (Lipinski definition) is 2. The molecule has 0 spiro atoms. The summed E-state index contributed by atoms with van der Waals surface area (Å²) in [7, 11) is 0. The summed E-state index contributed by atoms with van der Waals surface area (Å²) < 4.78 is 1.51. The molecule has 1 heterocycles. The van der Waals surface area contributed by atoms with Crippen molar-refractivity contribution >= 4 is 23.1 Å². The maximum absolute atomic E-state index is 11.9. The topological polar surface area (TPSA) is 76.2 Å². The van der Waals surface area contributed by atoms with Crippen LogP contribution in [0.25, 0.3) is 0 Å². The molecule has 2 aromatic rings. The number of carbonyl (C=O) groups is 1. The van der Waals surface area contributed by atoms with E-state index in [9.17, 15) is 4.79 Å². The molecule has 0 aliphatic rings. The second-order valence-electron chi connectivity index (χ2n) is 4.71. The molecule has 6 nitrogen and oxygen atoms in total.